The Balaban J connectivity index is 2.06. The number of benzene rings is 1. The molecule has 1 fully saturated rings. The zero-order valence-corrected chi connectivity index (χ0v) is 13.4. The van der Waals surface area contributed by atoms with Crippen molar-refractivity contribution >= 4 is 34.3 Å². The molecule has 1 aliphatic heterocycles. The first-order valence-corrected chi connectivity index (χ1v) is 8.06. The average molecular weight is 319 g/mol. The maximum atomic E-state index is 12.9. The van der Waals surface area contributed by atoms with Gasteiger partial charge in [-0.1, -0.05) is 30.5 Å². The van der Waals surface area contributed by atoms with Gasteiger partial charge in [-0.25, -0.2) is 0 Å². The molecule has 1 saturated heterocycles. The van der Waals surface area contributed by atoms with Crippen LogP contribution in [-0.2, 0) is 0 Å². The minimum atomic E-state index is -0.123. The molecular weight excluding hydrogens is 300 g/mol. The summed E-state index contributed by atoms with van der Waals surface area (Å²) in [5.41, 5.74) is 1.28. The third kappa shape index (κ3) is 2.75. The largest absolute Gasteiger partial charge is 0.339 e. The van der Waals surface area contributed by atoms with Crippen LogP contribution in [0.1, 0.15) is 47.8 Å². The molecule has 1 aromatic carbocycles. The molecule has 4 nitrogen and oxygen atoms in total. The molecule has 22 heavy (non-hydrogen) atoms. The van der Waals surface area contributed by atoms with E-state index in [4.69, 9.17) is 11.6 Å². The molecule has 0 atom stereocenters. The highest BCUT2D eigenvalue weighted by molar-refractivity contribution is 6.31. The number of carbonyl (C=O) groups is 2. The van der Waals surface area contributed by atoms with E-state index in [9.17, 15) is 9.59 Å². The number of rotatable bonds is 1. The van der Waals surface area contributed by atoms with Gasteiger partial charge in [-0.3, -0.25) is 14.2 Å². The topological polar surface area (TPSA) is 42.3 Å². The lowest BCUT2D eigenvalue weighted by atomic mass is 10.1. The Morgan fingerprint density at radius 2 is 1.77 bits per heavy atom. The summed E-state index contributed by atoms with van der Waals surface area (Å²) in [4.78, 5) is 26.6. The summed E-state index contributed by atoms with van der Waals surface area (Å²) >= 11 is 6.03. The molecule has 2 heterocycles. The summed E-state index contributed by atoms with van der Waals surface area (Å²) in [6.07, 6.45) is 6.09. The van der Waals surface area contributed by atoms with Gasteiger partial charge in [0.05, 0.1) is 11.1 Å². The van der Waals surface area contributed by atoms with Crippen molar-refractivity contribution in [2.45, 2.75) is 32.6 Å². The summed E-state index contributed by atoms with van der Waals surface area (Å²) < 4.78 is 1.51. The molecule has 1 amide bonds. The van der Waals surface area contributed by atoms with Gasteiger partial charge in [-0.2, -0.15) is 0 Å². The van der Waals surface area contributed by atoms with Crippen LogP contribution < -0.4 is 0 Å². The molecule has 1 aliphatic rings. The highest BCUT2D eigenvalue weighted by Gasteiger charge is 2.22. The van der Waals surface area contributed by atoms with Gasteiger partial charge >= 0.3 is 0 Å². The Kier molecular flexibility index (Phi) is 4.21. The number of halogens is 1. The van der Waals surface area contributed by atoms with E-state index in [0.717, 1.165) is 31.3 Å². The number of likely N-dealkylation sites (tertiary alicyclic amines) is 1. The number of hydrogen-bond donors (Lipinski definition) is 0. The normalized spacial score (nSPS) is 15.8. The van der Waals surface area contributed by atoms with Crippen LogP contribution in [0.2, 0.25) is 5.02 Å². The monoisotopic (exact) mass is 318 g/mol. The molecule has 0 spiro atoms. The first-order chi connectivity index (χ1) is 10.6. The number of aromatic nitrogens is 1. The molecule has 0 unspecified atom stereocenters. The van der Waals surface area contributed by atoms with E-state index in [-0.39, 0.29) is 11.8 Å². The SMILES string of the molecule is CC(=O)n1cc(C(=O)N2CCCCCC2)c2ccc(Cl)cc21. The lowest BCUT2D eigenvalue weighted by molar-refractivity contribution is 0.0763. The third-order valence-electron chi connectivity index (χ3n) is 4.23. The van der Waals surface area contributed by atoms with Gasteiger partial charge in [0.2, 0.25) is 5.91 Å². The lowest BCUT2D eigenvalue weighted by Crippen LogP contribution is -2.31. The van der Waals surface area contributed by atoms with Crippen molar-refractivity contribution in [3.63, 3.8) is 0 Å². The Labute approximate surface area is 134 Å². The lowest BCUT2D eigenvalue weighted by Gasteiger charge is -2.19. The third-order valence-corrected chi connectivity index (χ3v) is 4.47. The predicted molar refractivity (Wildman–Crippen MR) is 87.6 cm³/mol. The molecule has 0 aliphatic carbocycles. The molecule has 0 bridgehead atoms. The van der Waals surface area contributed by atoms with Crippen LogP contribution in [0.5, 0.6) is 0 Å². The first-order valence-electron chi connectivity index (χ1n) is 7.69. The molecule has 2 aromatic rings. The van der Waals surface area contributed by atoms with Crippen molar-refractivity contribution < 1.29 is 9.59 Å². The smallest absolute Gasteiger partial charge is 0.256 e. The van der Waals surface area contributed by atoms with E-state index in [1.807, 2.05) is 11.0 Å². The van der Waals surface area contributed by atoms with Gasteiger partial charge in [0.15, 0.2) is 0 Å². The highest BCUT2D eigenvalue weighted by Crippen LogP contribution is 2.26. The fraction of sp³-hybridized carbons (Fsp3) is 0.412. The fourth-order valence-electron chi connectivity index (χ4n) is 3.08. The van der Waals surface area contributed by atoms with Crippen LogP contribution in [0.25, 0.3) is 10.9 Å². The Morgan fingerprint density at radius 1 is 1.09 bits per heavy atom. The Hall–Kier alpha value is -1.81. The number of carbonyl (C=O) groups excluding carboxylic acids is 2. The Bertz CT molecular complexity index is 728. The molecular formula is C17H19ClN2O2. The number of fused-ring (bicyclic) bond motifs is 1. The molecule has 0 saturated carbocycles. The molecule has 0 N–H and O–H groups in total. The zero-order valence-electron chi connectivity index (χ0n) is 12.6. The van der Waals surface area contributed by atoms with Gasteiger partial charge in [-0.15, -0.1) is 0 Å². The summed E-state index contributed by atoms with van der Waals surface area (Å²) in [6.45, 7) is 3.07. The highest BCUT2D eigenvalue weighted by atomic mass is 35.5. The number of hydrogen-bond acceptors (Lipinski definition) is 2. The standard InChI is InChI=1S/C17H19ClN2O2/c1-12(21)20-11-15(14-7-6-13(18)10-16(14)20)17(22)19-8-4-2-3-5-9-19/h6-7,10-11H,2-5,8-9H2,1H3. The average Bonchev–Trinajstić information content (AvgIpc) is 2.68. The second-order valence-corrected chi connectivity index (χ2v) is 6.24. The van der Waals surface area contributed by atoms with Crippen molar-refractivity contribution in [1.29, 1.82) is 0 Å². The van der Waals surface area contributed by atoms with Gasteiger partial charge in [-0.05, 0) is 25.0 Å². The van der Waals surface area contributed by atoms with Crippen LogP contribution in [0.15, 0.2) is 24.4 Å². The molecule has 0 radical (unpaired) electrons. The zero-order chi connectivity index (χ0) is 15.7. The van der Waals surface area contributed by atoms with E-state index >= 15 is 0 Å². The van der Waals surface area contributed by atoms with Gasteiger partial charge in [0.1, 0.15) is 0 Å². The van der Waals surface area contributed by atoms with Crippen molar-refractivity contribution in [1.82, 2.24) is 9.47 Å². The van der Waals surface area contributed by atoms with E-state index in [1.54, 1.807) is 18.3 Å². The molecule has 5 heteroatoms. The van der Waals surface area contributed by atoms with Crippen molar-refractivity contribution in [3.8, 4) is 0 Å². The maximum absolute atomic E-state index is 12.9. The van der Waals surface area contributed by atoms with E-state index in [1.165, 1.54) is 24.3 Å². The van der Waals surface area contributed by atoms with Crippen LogP contribution in [0.4, 0.5) is 0 Å². The molecule has 116 valence electrons. The summed E-state index contributed by atoms with van der Waals surface area (Å²) in [5, 5.41) is 1.34. The van der Waals surface area contributed by atoms with Gasteiger partial charge < -0.3 is 4.90 Å². The second kappa shape index (κ2) is 6.13. The molecule has 1 aromatic heterocycles. The van der Waals surface area contributed by atoms with Crippen molar-refractivity contribution in [2.24, 2.45) is 0 Å². The summed E-state index contributed by atoms with van der Waals surface area (Å²) in [7, 11) is 0. The van der Waals surface area contributed by atoms with Crippen LogP contribution in [-0.4, -0.2) is 34.4 Å². The van der Waals surface area contributed by atoms with Crippen LogP contribution >= 0.6 is 11.6 Å². The van der Waals surface area contributed by atoms with Crippen LogP contribution in [0.3, 0.4) is 0 Å². The number of nitrogens with zero attached hydrogens (tertiary/aromatic N) is 2. The predicted octanol–water partition coefficient (Wildman–Crippen LogP) is 3.97. The first kappa shape index (κ1) is 15.1. The minimum absolute atomic E-state index is 0.00854. The number of amides is 1. The Morgan fingerprint density at radius 3 is 2.41 bits per heavy atom. The quantitative estimate of drug-likeness (QED) is 0.798. The van der Waals surface area contributed by atoms with E-state index in [0.29, 0.717) is 16.1 Å². The summed E-state index contributed by atoms with van der Waals surface area (Å²) in [6, 6.07) is 5.31. The van der Waals surface area contributed by atoms with Crippen LogP contribution in [0, 0.1) is 0 Å². The fourth-order valence-corrected chi connectivity index (χ4v) is 3.24. The van der Waals surface area contributed by atoms with Crippen molar-refractivity contribution in [3.05, 3.63) is 35.0 Å². The minimum Gasteiger partial charge on any atom is -0.339 e. The maximum Gasteiger partial charge on any atom is 0.256 e. The van der Waals surface area contributed by atoms with Crippen molar-refractivity contribution in [2.75, 3.05) is 13.1 Å². The van der Waals surface area contributed by atoms with E-state index in [2.05, 4.69) is 0 Å². The second-order valence-electron chi connectivity index (χ2n) is 5.80. The van der Waals surface area contributed by atoms with Gasteiger partial charge in [0.25, 0.3) is 5.91 Å². The molecule has 3 rings (SSSR count). The van der Waals surface area contributed by atoms with Gasteiger partial charge in [0, 0.05) is 36.6 Å². The summed E-state index contributed by atoms with van der Waals surface area (Å²) in [5.74, 6) is -0.114. The van der Waals surface area contributed by atoms with E-state index < -0.39 is 0 Å².